The van der Waals surface area contributed by atoms with Gasteiger partial charge in [-0.1, -0.05) is 31.4 Å². The SMILES string of the molecule is O=C(Nc1ccc(S(=O)(=O)NC2CCCCC2)cc1)c1ccccc1Br. The van der Waals surface area contributed by atoms with E-state index in [2.05, 4.69) is 26.0 Å². The van der Waals surface area contributed by atoms with Crippen molar-refractivity contribution < 1.29 is 13.2 Å². The van der Waals surface area contributed by atoms with Crippen LogP contribution in [0.15, 0.2) is 57.9 Å². The second kappa shape index (κ2) is 8.33. The fourth-order valence-electron chi connectivity index (χ4n) is 3.07. The van der Waals surface area contributed by atoms with Crippen LogP contribution < -0.4 is 10.0 Å². The molecule has 1 saturated carbocycles. The van der Waals surface area contributed by atoms with E-state index in [-0.39, 0.29) is 16.8 Å². The van der Waals surface area contributed by atoms with Gasteiger partial charge in [-0.2, -0.15) is 0 Å². The molecule has 7 heteroatoms. The summed E-state index contributed by atoms with van der Waals surface area (Å²) in [5, 5.41) is 2.77. The van der Waals surface area contributed by atoms with Crippen LogP contribution in [0.4, 0.5) is 5.69 Å². The van der Waals surface area contributed by atoms with Crippen molar-refractivity contribution >= 4 is 37.5 Å². The van der Waals surface area contributed by atoms with Crippen LogP contribution in [0.3, 0.4) is 0 Å². The summed E-state index contributed by atoms with van der Waals surface area (Å²) in [4.78, 5) is 12.5. The molecule has 0 atom stereocenters. The van der Waals surface area contributed by atoms with Crippen LogP contribution in [0.1, 0.15) is 42.5 Å². The monoisotopic (exact) mass is 436 g/mol. The number of benzene rings is 2. The molecule has 0 aromatic heterocycles. The average molecular weight is 437 g/mol. The number of hydrogen-bond acceptors (Lipinski definition) is 3. The molecule has 2 aromatic carbocycles. The highest BCUT2D eigenvalue weighted by molar-refractivity contribution is 9.10. The Balaban J connectivity index is 1.68. The molecule has 2 N–H and O–H groups in total. The van der Waals surface area contributed by atoms with Crippen LogP contribution in [-0.4, -0.2) is 20.4 Å². The number of anilines is 1. The molecule has 1 aliphatic carbocycles. The third-order valence-corrected chi connectivity index (χ3v) is 6.70. The third-order valence-electron chi connectivity index (χ3n) is 4.47. The summed E-state index contributed by atoms with van der Waals surface area (Å²) in [6, 6.07) is 13.4. The lowest BCUT2D eigenvalue weighted by molar-refractivity contribution is 0.102. The summed E-state index contributed by atoms with van der Waals surface area (Å²) in [6.07, 6.45) is 5.07. The molecule has 0 heterocycles. The molecule has 0 saturated heterocycles. The average Bonchev–Trinajstić information content (AvgIpc) is 2.63. The highest BCUT2D eigenvalue weighted by atomic mass is 79.9. The number of carbonyl (C=O) groups excluding carboxylic acids is 1. The maximum Gasteiger partial charge on any atom is 0.256 e. The van der Waals surface area contributed by atoms with Crippen LogP contribution in [0.2, 0.25) is 0 Å². The fourth-order valence-corrected chi connectivity index (χ4v) is 4.84. The van der Waals surface area contributed by atoms with Gasteiger partial charge in [0.2, 0.25) is 10.0 Å². The number of hydrogen-bond donors (Lipinski definition) is 2. The molecule has 3 rings (SSSR count). The molecular formula is C19H21BrN2O3S. The van der Waals surface area contributed by atoms with Gasteiger partial charge in [-0.25, -0.2) is 13.1 Å². The van der Waals surface area contributed by atoms with E-state index >= 15 is 0 Å². The number of nitrogens with one attached hydrogen (secondary N) is 2. The molecule has 1 aliphatic rings. The van der Waals surface area contributed by atoms with Gasteiger partial charge in [0.25, 0.3) is 5.91 Å². The summed E-state index contributed by atoms with van der Waals surface area (Å²) in [5.74, 6) is -0.256. The first-order valence-electron chi connectivity index (χ1n) is 8.64. The maximum atomic E-state index is 12.5. The van der Waals surface area contributed by atoms with Crippen molar-refractivity contribution in [1.82, 2.24) is 4.72 Å². The molecule has 0 bridgehead atoms. The van der Waals surface area contributed by atoms with Gasteiger partial charge in [0.1, 0.15) is 0 Å². The van der Waals surface area contributed by atoms with Crippen molar-refractivity contribution in [3.63, 3.8) is 0 Å². The molecule has 26 heavy (non-hydrogen) atoms. The zero-order chi connectivity index (χ0) is 18.6. The number of halogens is 1. The van der Waals surface area contributed by atoms with Gasteiger partial charge in [0.15, 0.2) is 0 Å². The zero-order valence-corrected chi connectivity index (χ0v) is 16.6. The fraction of sp³-hybridized carbons (Fsp3) is 0.316. The highest BCUT2D eigenvalue weighted by Gasteiger charge is 2.21. The lowest BCUT2D eigenvalue weighted by atomic mass is 9.96. The third kappa shape index (κ3) is 4.72. The summed E-state index contributed by atoms with van der Waals surface area (Å²) in [5.41, 5.74) is 1.06. The molecule has 0 radical (unpaired) electrons. The number of sulfonamides is 1. The molecule has 0 spiro atoms. The van der Waals surface area contributed by atoms with Gasteiger partial charge in [-0.3, -0.25) is 4.79 Å². The predicted molar refractivity (Wildman–Crippen MR) is 106 cm³/mol. The smallest absolute Gasteiger partial charge is 0.256 e. The minimum atomic E-state index is -3.53. The first-order valence-corrected chi connectivity index (χ1v) is 10.9. The van der Waals surface area contributed by atoms with Crippen LogP contribution in [0.25, 0.3) is 0 Å². The lowest BCUT2D eigenvalue weighted by Gasteiger charge is -2.22. The van der Waals surface area contributed by atoms with E-state index < -0.39 is 10.0 Å². The molecule has 0 unspecified atom stereocenters. The van der Waals surface area contributed by atoms with E-state index in [1.807, 2.05) is 6.07 Å². The Kier molecular flexibility index (Phi) is 6.11. The van der Waals surface area contributed by atoms with Crippen LogP contribution >= 0.6 is 15.9 Å². The number of carbonyl (C=O) groups is 1. The summed E-state index contributed by atoms with van der Waals surface area (Å²) >= 11 is 3.35. The van der Waals surface area contributed by atoms with E-state index in [0.717, 1.165) is 25.7 Å². The van der Waals surface area contributed by atoms with Gasteiger partial charge in [-0.05, 0) is 65.2 Å². The van der Waals surface area contributed by atoms with E-state index in [4.69, 9.17) is 0 Å². The molecule has 1 amide bonds. The Morgan fingerprint density at radius 3 is 2.27 bits per heavy atom. The lowest BCUT2D eigenvalue weighted by Crippen LogP contribution is -2.36. The second-order valence-corrected chi connectivity index (χ2v) is 8.98. The van der Waals surface area contributed by atoms with E-state index in [9.17, 15) is 13.2 Å². The molecular weight excluding hydrogens is 416 g/mol. The zero-order valence-electron chi connectivity index (χ0n) is 14.2. The minimum Gasteiger partial charge on any atom is -0.322 e. The molecule has 1 fully saturated rings. The number of amides is 1. The second-order valence-electron chi connectivity index (χ2n) is 6.41. The topological polar surface area (TPSA) is 75.3 Å². The normalized spacial score (nSPS) is 15.6. The molecule has 5 nitrogen and oxygen atoms in total. The maximum absolute atomic E-state index is 12.5. The van der Waals surface area contributed by atoms with Crippen molar-refractivity contribution in [2.45, 2.75) is 43.0 Å². The summed E-state index contributed by atoms with van der Waals surface area (Å²) in [7, 11) is -3.53. The minimum absolute atomic E-state index is 0.0172. The first kappa shape index (κ1) is 19.1. The van der Waals surface area contributed by atoms with E-state index in [0.29, 0.717) is 15.7 Å². The summed E-state index contributed by atoms with van der Waals surface area (Å²) < 4.78 is 28.5. The molecule has 2 aromatic rings. The van der Waals surface area contributed by atoms with Crippen molar-refractivity contribution in [2.75, 3.05) is 5.32 Å². The highest BCUT2D eigenvalue weighted by Crippen LogP contribution is 2.22. The van der Waals surface area contributed by atoms with Gasteiger partial charge in [-0.15, -0.1) is 0 Å². The summed E-state index contributed by atoms with van der Waals surface area (Å²) in [6.45, 7) is 0. The van der Waals surface area contributed by atoms with Crippen LogP contribution in [0, 0.1) is 0 Å². The Bertz CT molecular complexity index is 876. The first-order chi connectivity index (χ1) is 12.5. The van der Waals surface area contributed by atoms with E-state index in [1.54, 1.807) is 30.3 Å². The Hall–Kier alpha value is -1.70. The Morgan fingerprint density at radius 2 is 1.62 bits per heavy atom. The molecule has 0 aliphatic heterocycles. The molecule has 138 valence electrons. The van der Waals surface area contributed by atoms with Crippen molar-refractivity contribution in [3.8, 4) is 0 Å². The van der Waals surface area contributed by atoms with Gasteiger partial charge in [0.05, 0.1) is 10.5 Å². The van der Waals surface area contributed by atoms with Crippen molar-refractivity contribution in [2.24, 2.45) is 0 Å². The van der Waals surface area contributed by atoms with Crippen LogP contribution in [-0.2, 0) is 10.0 Å². The standard InChI is InChI=1S/C19H21BrN2O3S/c20-18-9-5-4-8-17(18)19(23)21-14-10-12-16(13-11-14)26(24,25)22-15-6-2-1-3-7-15/h4-5,8-13,15,22H,1-3,6-7H2,(H,21,23). The number of rotatable bonds is 5. The van der Waals surface area contributed by atoms with Crippen LogP contribution in [0.5, 0.6) is 0 Å². The largest absolute Gasteiger partial charge is 0.322 e. The quantitative estimate of drug-likeness (QED) is 0.732. The predicted octanol–water partition coefficient (Wildman–Crippen LogP) is 4.31. The van der Waals surface area contributed by atoms with E-state index in [1.165, 1.54) is 18.6 Å². The Morgan fingerprint density at radius 1 is 0.962 bits per heavy atom. The van der Waals surface area contributed by atoms with Crippen molar-refractivity contribution in [1.29, 1.82) is 0 Å². The van der Waals surface area contributed by atoms with Gasteiger partial charge < -0.3 is 5.32 Å². The van der Waals surface area contributed by atoms with Gasteiger partial charge in [0, 0.05) is 16.2 Å². The Labute approximate surface area is 162 Å². The van der Waals surface area contributed by atoms with Crippen molar-refractivity contribution in [3.05, 3.63) is 58.6 Å². The van der Waals surface area contributed by atoms with Gasteiger partial charge >= 0.3 is 0 Å².